The van der Waals surface area contributed by atoms with E-state index in [-0.39, 0.29) is 11.4 Å². The number of rotatable bonds is 0. The number of hydroxylamine groups is 2. The molecule has 0 saturated carbocycles. The van der Waals surface area contributed by atoms with Crippen LogP contribution in [-0.2, 0) is 9.47 Å². The number of ether oxygens (including phenoxy) is 2. The zero-order valence-corrected chi connectivity index (χ0v) is 9.33. The summed E-state index contributed by atoms with van der Waals surface area (Å²) in [6.45, 7) is 0. The van der Waals surface area contributed by atoms with Crippen molar-refractivity contribution in [2.45, 2.75) is 29.8 Å². The van der Waals surface area contributed by atoms with Crippen LogP contribution in [0.2, 0.25) is 0 Å². The lowest BCUT2D eigenvalue weighted by Gasteiger charge is -2.60. The first kappa shape index (κ1) is 11.1. The van der Waals surface area contributed by atoms with E-state index in [2.05, 4.69) is 4.99 Å². The van der Waals surface area contributed by atoms with Crippen molar-refractivity contribution in [2.24, 2.45) is 4.99 Å². The number of aliphatic hydroxyl groups excluding tert-OH is 3. The molecule has 0 aromatic rings. The first-order chi connectivity index (χ1) is 8.94. The molecule has 1 spiro atoms. The normalized spacial score (nSPS) is 49.8. The van der Waals surface area contributed by atoms with Gasteiger partial charge in [0.25, 0.3) is 6.29 Å². The van der Waals surface area contributed by atoms with Crippen LogP contribution >= 0.6 is 0 Å². The molecule has 9 nitrogen and oxygen atoms in total. The van der Waals surface area contributed by atoms with Gasteiger partial charge in [0.1, 0.15) is 6.26 Å². The van der Waals surface area contributed by atoms with Crippen molar-refractivity contribution in [2.75, 3.05) is 0 Å². The summed E-state index contributed by atoms with van der Waals surface area (Å²) in [5, 5.41) is 50.8. The van der Waals surface area contributed by atoms with Gasteiger partial charge < -0.3 is 29.9 Å². The molecule has 5 aliphatic heterocycles. The van der Waals surface area contributed by atoms with Crippen LogP contribution in [0.15, 0.2) is 28.8 Å². The lowest BCUT2D eigenvalue weighted by molar-refractivity contribution is -0.264. The van der Waals surface area contributed by atoms with E-state index in [0.717, 1.165) is 12.5 Å². The number of piperidine rings is 1. The molecule has 0 aliphatic carbocycles. The minimum Gasteiger partial charge on any atom is -0.506 e. The highest BCUT2D eigenvalue weighted by Crippen LogP contribution is 2.54. The van der Waals surface area contributed by atoms with Crippen LogP contribution in [0.3, 0.4) is 0 Å². The van der Waals surface area contributed by atoms with Crippen molar-refractivity contribution in [1.82, 2.24) is 5.06 Å². The van der Waals surface area contributed by atoms with Gasteiger partial charge in [-0.05, 0) is 0 Å². The molecule has 5 aliphatic rings. The fraction of sp³-hybridized carbons (Fsp3) is 0.500. The first-order valence-electron chi connectivity index (χ1n) is 5.53. The summed E-state index contributed by atoms with van der Waals surface area (Å²) in [4.78, 5) is 3.68. The maximum atomic E-state index is 10.3. The molecule has 9 heteroatoms. The maximum absolute atomic E-state index is 10.3. The minimum atomic E-state index is -2.04. The summed E-state index contributed by atoms with van der Waals surface area (Å²) >= 11 is 0. The maximum Gasteiger partial charge on any atom is 0.268 e. The highest BCUT2D eigenvalue weighted by atomic mass is 16.7. The number of aliphatic imine (C=N–C) groups is 1. The second kappa shape index (κ2) is 2.85. The van der Waals surface area contributed by atoms with E-state index in [1.54, 1.807) is 0 Å². The molecule has 19 heavy (non-hydrogen) atoms. The van der Waals surface area contributed by atoms with Crippen LogP contribution in [-0.4, -0.2) is 66.3 Å². The summed E-state index contributed by atoms with van der Waals surface area (Å²) in [6, 6.07) is 0. The molecule has 0 aromatic carbocycles. The van der Waals surface area contributed by atoms with Gasteiger partial charge in [0.2, 0.25) is 5.72 Å². The quantitative estimate of drug-likeness (QED) is 0.338. The highest BCUT2D eigenvalue weighted by molar-refractivity contribution is 5.97. The minimum absolute atomic E-state index is 0.161. The topological polar surface area (TPSA) is 135 Å². The molecular formula is C10H10N2O7. The Balaban J connectivity index is 2.01. The fourth-order valence-electron chi connectivity index (χ4n) is 2.95. The fourth-order valence-corrected chi connectivity index (χ4v) is 2.95. The lowest BCUT2D eigenvalue weighted by Crippen LogP contribution is -2.80. The number of fused-ring (bicyclic) bond motifs is 1. The standard InChI is InChI=1S/C10H10N2O7/c13-4-2-19-8-6(15)9(4)3(1-18-8)10(16)5(14)7(11-10)12(9)17/h1-2,5-6,8,13-17H. The summed E-state index contributed by atoms with van der Waals surface area (Å²) < 4.78 is 9.99. The third-order valence-electron chi connectivity index (χ3n) is 3.98. The molecule has 5 unspecified atom stereocenters. The molecular weight excluding hydrogens is 260 g/mol. The van der Waals surface area contributed by atoms with Gasteiger partial charge >= 0.3 is 0 Å². The number of hydrogen-bond donors (Lipinski definition) is 5. The first-order valence-corrected chi connectivity index (χ1v) is 5.53. The van der Waals surface area contributed by atoms with Crippen molar-refractivity contribution >= 4 is 5.84 Å². The van der Waals surface area contributed by atoms with Gasteiger partial charge in [-0.15, -0.1) is 0 Å². The van der Waals surface area contributed by atoms with Crippen molar-refractivity contribution in [3.05, 3.63) is 23.9 Å². The molecule has 5 heterocycles. The second-order valence-corrected chi connectivity index (χ2v) is 4.80. The average molecular weight is 270 g/mol. The van der Waals surface area contributed by atoms with Crippen LogP contribution < -0.4 is 0 Å². The van der Waals surface area contributed by atoms with Gasteiger partial charge in [-0.25, -0.2) is 10.1 Å². The predicted octanol–water partition coefficient (Wildman–Crippen LogP) is -2.08. The van der Waals surface area contributed by atoms with E-state index < -0.39 is 35.5 Å². The zero-order chi connectivity index (χ0) is 13.6. The Morgan fingerprint density at radius 2 is 1.95 bits per heavy atom. The molecule has 1 fully saturated rings. The Hall–Kier alpha value is -1.81. The monoisotopic (exact) mass is 270 g/mol. The van der Waals surface area contributed by atoms with Gasteiger partial charge in [0.15, 0.2) is 29.3 Å². The van der Waals surface area contributed by atoms with E-state index in [1.165, 1.54) is 0 Å². The molecule has 0 aromatic heterocycles. The van der Waals surface area contributed by atoms with Crippen LogP contribution in [0.1, 0.15) is 0 Å². The van der Waals surface area contributed by atoms with Crippen molar-refractivity contribution < 1.29 is 35.1 Å². The van der Waals surface area contributed by atoms with Gasteiger partial charge in [0.05, 0.1) is 11.8 Å². The summed E-state index contributed by atoms with van der Waals surface area (Å²) in [5.74, 6) is -0.771. The van der Waals surface area contributed by atoms with Crippen LogP contribution in [0, 0.1) is 0 Å². The highest BCUT2D eigenvalue weighted by Gasteiger charge is 2.74. The Bertz CT molecular complexity index is 572. The van der Waals surface area contributed by atoms with E-state index in [0.29, 0.717) is 5.06 Å². The molecule has 4 bridgehead atoms. The Morgan fingerprint density at radius 1 is 1.26 bits per heavy atom. The van der Waals surface area contributed by atoms with Crippen LogP contribution in [0.5, 0.6) is 0 Å². The van der Waals surface area contributed by atoms with E-state index in [1.807, 2.05) is 0 Å². The smallest absolute Gasteiger partial charge is 0.268 e. The van der Waals surface area contributed by atoms with Crippen molar-refractivity contribution in [3.8, 4) is 0 Å². The molecule has 5 N–H and O–H groups in total. The molecule has 5 atom stereocenters. The van der Waals surface area contributed by atoms with Crippen molar-refractivity contribution in [1.29, 1.82) is 0 Å². The van der Waals surface area contributed by atoms with Crippen LogP contribution in [0.4, 0.5) is 0 Å². The zero-order valence-electron chi connectivity index (χ0n) is 9.33. The number of amidine groups is 1. The summed E-state index contributed by atoms with van der Waals surface area (Å²) in [7, 11) is 0. The lowest BCUT2D eigenvalue weighted by atomic mass is 9.68. The Labute approximate surface area is 105 Å². The van der Waals surface area contributed by atoms with Crippen molar-refractivity contribution in [3.63, 3.8) is 0 Å². The largest absolute Gasteiger partial charge is 0.506 e. The molecule has 0 radical (unpaired) electrons. The molecule has 0 amide bonds. The van der Waals surface area contributed by atoms with Gasteiger partial charge in [-0.3, -0.25) is 5.21 Å². The summed E-state index contributed by atoms with van der Waals surface area (Å²) in [5.41, 5.74) is -4.06. The third kappa shape index (κ3) is 0.871. The third-order valence-corrected chi connectivity index (χ3v) is 3.98. The van der Waals surface area contributed by atoms with E-state index in [4.69, 9.17) is 9.47 Å². The van der Waals surface area contributed by atoms with Crippen LogP contribution in [0.25, 0.3) is 0 Å². The SMILES string of the molecule is OC1=COC2OC=C3C4(O)N=C(C4O)N(O)C13C2O. The van der Waals surface area contributed by atoms with Gasteiger partial charge in [0, 0.05) is 0 Å². The number of aliphatic hydroxyl groups is 4. The second-order valence-electron chi connectivity index (χ2n) is 4.80. The van der Waals surface area contributed by atoms with Gasteiger partial charge in [-0.2, -0.15) is 0 Å². The molecule has 5 rings (SSSR count). The number of nitrogens with zero attached hydrogens (tertiary/aromatic N) is 2. The Morgan fingerprint density at radius 3 is 2.63 bits per heavy atom. The Kier molecular flexibility index (Phi) is 1.66. The van der Waals surface area contributed by atoms with Gasteiger partial charge in [-0.1, -0.05) is 0 Å². The molecule has 1 saturated heterocycles. The summed E-state index contributed by atoms with van der Waals surface area (Å²) in [6.07, 6.45) is -2.18. The molecule has 102 valence electrons. The predicted molar refractivity (Wildman–Crippen MR) is 55.5 cm³/mol. The van der Waals surface area contributed by atoms with E-state index >= 15 is 0 Å². The number of hydrogen-bond acceptors (Lipinski definition) is 9. The average Bonchev–Trinajstić information content (AvgIpc) is 2.38. The van der Waals surface area contributed by atoms with E-state index in [9.17, 15) is 25.6 Å².